The molecule has 0 unspecified atom stereocenters. The van der Waals surface area contributed by atoms with Crippen LogP contribution in [0.5, 0.6) is 5.75 Å². The van der Waals surface area contributed by atoms with Gasteiger partial charge in [-0.2, -0.15) is 5.01 Å². The molecular formula is C24H20N2O3S2. The van der Waals surface area contributed by atoms with Crippen molar-refractivity contribution in [1.82, 2.24) is 10.4 Å². The van der Waals surface area contributed by atoms with Crippen molar-refractivity contribution in [2.75, 3.05) is 6.61 Å². The lowest BCUT2D eigenvalue weighted by Crippen LogP contribution is -2.44. The number of hydrazine groups is 1. The summed E-state index contributed by atoms with van der Waals surface area (Å²) in [5.74, 6) is -0.0527. The van der Waals surface area contributed by atoms with E-state index >= 15 is 0 Å². The molecule has 156 valence electrons. The second-order valence-electron chi connectivity index (χ2n) is 6.87. The van der Waals surface area contributed by atoms with E-state index in [1.165, 1.54) is 0 Å². The average Bonchev–Trinajstić information content (AvgIpc) is 3.06. The lowest BCUT2D eigenvalue weighted by atomic mass is 10.0. The number of rotatable bonds is 6. The second-order valence-corrected chi connectivity index (χ2v) is 8.55. The van der Waals surface area contributed by atoms with Gasteiger partial charge in [0.2, 0.25) is 0 Å². The third kappa shape index (κ3) is 4.47. The molecule has 1 aliphatic heterocycles. The molecule has 0 aromatic heterocycles. The number of thioether (sulfide) groups is 1. The molecule has 31 heavy (non-hydrogen) atoms. The first-order valence-corrected chi connectivity index (χ1v) is 11.1. The number of carbonyl (C=O) groups excluding carboxylic acids is 2. The Bertz CT molecular complexity index is 1190. The highest BCUT2D eigenvalue weighted by Gasteiger charge is 2.34. The van der Waals surface area contributed by atoms with Crippen molar-refractivity contribution >= 4 is 57.0 Å². The van der Waals surface area contributed by atoms with Crippen LogP contribution in [0, 0.1) is 0 Å². The standard InChI is InChI=1S/C24H20N2O3S2/c1-2-14-29-20-13-12-16-8-6-7-11-18(16)19(20)15-21-23(28)26(24(30)31-21)25-22(27)17-9-4-3-5-10-17/h3-13,15H,2,14H2,1H3,(H,25,27)/b21-15+. The maximum absolute atomic E-state index is 13.0. The fourth-order valence-corrected chi connectivity index (χ4v) is 4.37. The number of nitrogens with zero attached hydrogens (tertiary/aromatic N) is 1. The molecule has 1 saturated heterocycles. The first-order chi connectivity index (χ1) is 15.1. The van der Waals surface area contributed by atoms with Gasteiger partial charge < -0.3 is 4.74 Å². The number of thiocarbonyl (C=S) groups is 1. The summed E-state index contributed by atoms with van der Waals surface area (Å²) in [7, 11) is 0. The highest BCUT2D eigenvalue weighted by molar-refractivity contribution is 8.26. The summed E-state index contributed by atoms with van der Waals surface area (Å²) in [5, 5.41) is 3.15. The molecule has 2 amide bonds. The van der Waals surface area contributed by atoms with Crippen molar-refractivity contribution in [2.45, 2.75) is 13.3 Å². The highest BCUT2D eigenvalue weighted by atomic mass is 32.2. The number of benzene rings is 3. The van der Waals surface area contributed by atoms with Crippen molar-refractivity contribution < 1.29 is 14.3 Å². The van der Waals surface area contributed by atoms with Crippen LogP contribution in [0.15, 0.2) is 71.6 Å². The van der Waals surface area contributed by atoms with Crippen molar-refractivity contribution in [3.63, 3.8) is 0 Å². The number of hydrogen-bond acceptors (Lipinski definition) is 5. The Morgan fingerprint density at radius 2 is 1.84 bits per heavy atom. The zero-order valence-corrected chi connectivity index (χ0v) is 18.5. The van der Waals surface area contributed by atoms with Gasteiger partial charge in [-0.05, 0) is 53.7 Å². The van der Waals surface area contributed by atoms with Gasteiger partial charge in [-0.1, -0.05) is 67.2 Å². The van der Waals surface area contributed by atoms with E-state index < -0.39 is 5.91 Å². The van der Waals surface area contributed by atoms with E-state index in [4.69, 9.17) is 17.0 Å². The average molecular weight is 449 g/mol. The van der Waals surface area contributed by atoms with Crippen LogP contribution in [-0.4, -0.2) is 27.8 Å². The topological polar surface area (TPSA) is 58.6 Å². The fourth-order valence-electron chi connectivity index (χ4n) is 3.21. The highest BCUT2D eigenvalue weighted by Crippen LogP contribution is 2.36. The number of amides is 2. The lowest BCUT2D eigenvalue weighted by molar-refractivity contribution is -0.123. The van der Waals surface area contributed by atoms with Crippen molar-refractivity contribution in [3.05, 3.63) is 82.8 Å². The monoisotopic (exact) mass is 448 g/mol. The van der Waals surface area contributed by atoms with Crippen LogP contribution in [0.4, 0.5) is 0 Å². The Morgan fingerprint density at radius 3 is 2.61 bits per heavy atom. The van der Waals surface area contributed by atoms with Gasteiger partial charge in [-0.25, -0.2) is 0 Å². The van der Waals surface area contributed by atoms with E-state index in [0.29, 0.717) is 22.8 Å². The molecule has 0 atom stereocenters. The summed E-state index contributed by atoms with van der Waals surface area (Å²) in [4.78, 5) is 26.0. The molecule has 3 aromatic rings. The molecule has 4 rings (SSSR count). The molecule has 0 saturated carbocycles. The predicted molar refractivity (Wildman–Crippen MR) is 129 cm³/mol. The van der Waals surface area contributed by atoms with E-state index in [1.54, 1.807) is 30.3 Å². The maximum Gasteiger partial charge on any atom is 0.285 e. The quantitative estimate of drug-likeness (QED) is 0.416. The molecule has 1 N–H and O–H groups in total. The van der Waals surface area contributed by atoms with Crippen LogP contribution >= 0.6 is 24.0 Å². The van der Waals surface area contributed by atoms with Crippen molar-refractivity contribution in [1.29, 1.82) is 0 Å². The Hall–Kier alpha value is -3.16. The molecule has 0 spiro atoms. The van der Waals surface area contributed by atoms with Gasteiger partial charge >= 0.3 is 0 Å². The van der Waals surface area contributed by atoms with Crippen molar-refractivity contribution in [2.24, 2.45) is 0 Å². The van der Waals surface area contributed by atoms with Crippen LogP contribution in [0.25, 0.3) is 16.8 Å². The summed E-state index contributed by atoms with van der Waals surface area (Å²) in [6.45, 7) is 2.62. The summed E-state index contributed by atoms with van der Waals surface area (Å²) in [6.07, 6.45) is 2.67. The SMILES string of the molecule is CCCOc1ccc2ccccc2c1/C=C1/SC(=S)N(NC(=O)c2ccccc2)C1=O. The zero-order chi connectivity index (χ0) is 21.8. The Labute approximate surface area is 190 Å². The first-order valence-electron chi connectivity index (χ1n) is 9.87. The summed E-state index contributed by atoms with van der Waals surface area (Å²) in [6, 6.07) is 20.6. The second kappa shape index (κ2) is 9.32. The third-order valence-corrected chi connectivity index (χ3v) is 6.01. The zero-order valence-electron chi connectivity index (χ0n) is 16.8. The molecule has 1 heterocycles. The normalized spacial score (nSPS) is 15.0. The van der Waals surface area contributed by atoms with E-state index in [2.05, 4.69) is 5.43 Å². The summed E-state index contributed by atoms with van der Waals surface area (Å²) >= 11 is 6.51. The molecule has 0 radical (unpaired) electrons. The number of carbonyl (C=O) groups is 2. The summed E-state index contributed by atoms with van der Waals surface area (Å²) in [5.41, 5.74) is 3.88. The van der Waals surface area contributed by atoms with Crippen LogP contribution in [0.2, 0.25) is 0 Å². The van der Waals surface area contributed by atoms with E-state index in [0.717, 1.165) is 39.5 Å². The van der Waals surface area contributed by atoms with Gasteiger partial charge in [0, 0.05) is 11.1 Å². The number of hydrogen-bond donors (Lipinski definition) is 1. The first kappa shape index (κ1) is 21.1. The molecular weight excluding hydrogens is 428 g/mol. The Kier molecular flexibility index (Phi) is 6.34. The van der Waals surface area contributed by atoms with Crippen LogP contribution in [-0.2, 0) is 4.79 Å². The van der Waals surface area contributed by atoms with Gasteiger partial charge in [0.15, 0.2) is 4.32 Å². The molecule has 0 bridgehead atoms. The smallest absolute Gasteiger partial charge is 0.285 e. The lowest BCUT2D eigenvalue weighted by Gasteiger charge is -2.15. The van der Waals surface area contributed by atoms with E-state index in [9.17, 15) is 9.59 Å². The predicted octanol–water partition coefficient (Wildman–Crippen LogP) is 5.17. The van der Waals surface area contributed by atoms with Gasteiger partial charge in [0.25, 0.3) is 11.8 Å². The fraction of sp³-hybridized carbons (Fsp3) is 0.125. The van der Waals surface area contributed by atoms with Gasteiger partial charge in [-0.3, -0.25) is 15.0 Å². The van der Waals surface area contributed by atoms with E-state index in [1.807, 2.05) is 49.4 Å². The molecule has 0 aliphatic carbocycles. The molecule has 7 heteroatoms. The number of fused-ring (bicyclic) bond motifs is 1. The minimum atomic E-state index is -0.393. The molecule has 3 aromatic carbocycles. The van der Waals surface area contributed by atoms with E-state index in [-0.39, 0.29) is 10.2 Å². The Morgan fingerprint density at radius 1 is 1.10 bits per heavy atom. The number of nitrogens with one attached hydrogen (secondary N) is 1. The van der Waals surface area contributed by atoms with Crippen LogP contribution < -0.4 is 10.2 Å². The van der Waals surface area contributed by atoms with Gasteiger partial charge in [-0.15, -0.1) is 0 Å². The molecule has 5 nitrogen and oxygen atoms in total. The maximum atomic E-state index is 13.0. The minimum absolute atomic E-state index is 0.275. The number of ether oxygens (including phenoxy) is 1. The third-order valence-electron chi connectivity index (χ3n) is 4.71. The summed E-state index contributed by atoms with van der Waals surface area (Å²) < 4.78 is 6.21. The largest absolute Gasteiger partial charge is 0.493 e. The van der Waals surface area contributed by atoms with Crippen LogP contribution in [0.3, 0.4) is 0 Å². The molecule has 1 aliphatic rings. The van der Waals surface area contributed by atoms with Crippen LogP contribution in [0.1, 0.15) is 29.3 Å². The Balaban J connectivity index is 1.66. The minimum Gasteiger partial charge on any atom is -0.493 e. The van der Waals surface area contributed by atoms with Gasteiger partial charge in [0.05, 0.1) is 11.5 Å². The molecule has 1 fully saturated rings. The van der Waals surface area contributed by atoms with Crippen molar-refractivity contribution in [3.8, 4) is 5.75 Å². The van der Waals surface area contributed by atoms with Gasteiger partial charge in [0.1, 0.15) is 5.75 Å².